The summed E-state index contributed by atoms with van der Waals surface area (Å²) in [6.45, 7) is 3.51. The highest BCUT2D eigenvalue weighted by Crippen LogP contribution is 2.23. The van der Waals surface area contributed by atoms with Crippen molar-refractivity contribution >= 4 is 28.8 Å². The molecule has 1 N–H and O–H groups in total. The van der Waals surface area contributed by atoms with E-state index in [0.29, 0.717) is 17.1 Å². The lowest BCUT2D eigenvalue weighted by atomic mass is 10.2. The van der Waals surface area contributed by atoms with Crippen LogP contribution in [0.5, 0.6) is 0 Å². The normalized spacial score (nSPS) is 20.8. The van der Waals surface area contributed by atoms with E-state index in [1.54, 1.807) is 0 Å². The van der Waals surface area contributed by atoms with Crippen LogP contribution in [0.1, 0.15) is 0 Å². The molecule has 0 atom stereocenters. The average Bonchev–Trinajstić information content (AvgIpc) is 3.47. The van der Waals surface area contributed by atoms with Crippen LogP contribution in [0.25, 0.3) is 0 Å². The summed E-state index contributed by atoms with van der Waals surface area (Å²) in [5, 5.41) is 2.80. The molecule has 0 unspecified atom stereocenters. The average molecular weight is 377 g/mol. The van der Waals surface area contributed by atoms with Crippen molar-refractivity contribution in [3.05, 3.63) is 108 Å². The number of nitrogens with one attached hydrogen (secondary N) is 1. The molecule has 0 aliphatic carbocycles. The number of hydrogen-bond donors (Lipinski definition) is 1. The molecule has 0 saturated carbocycles. The molecule has 5 aliphatic heterocycles. The molecule has 0 radical (unpaired) electrons. The molecule has 0 aromatic carbocycles. The Balaban J connectivity index is 1.62. The fourth-order valence-corrected chi connectivity index (χ4v) is 3.18. The third-order valence-corrected chi connectivity index (χ3v) is 4.48. The molecule has 0 aromatic rings. The minimum atomic E-state index is -0.296. The molecule has 5 aliphatic rings. The standard InChI is InChI=1S/C23H15N5O/c1-2-23(29)28-22-13-20-11-18-6-5-16(25-18)9-14-3-4-15(24-14)10-17-7-8-19(26-17)12-21(22)27-20/h2-13H,1H2,(H,28,29). The van der Waals surface area contributed by atoms with Crippen LogP contribution in [-0.4, -0.2) is 28.8 Å². The molecule has 8 bridgehead atoms. The Labute approximate surface area is 167 Å². The predicted molar refractivity (Wildman–Crippen MR) is 116 cm³/mol. The van der Waals surface area contributed by atoms with E-state index in [2.05, 4.69) is 31.9 Å². The molecule has 0 fully saturated rings. The van der Waals surface area contributed by atoms with Gasteiger partial charge in [-0.05, 0) is 72.9 Å². The lowest BCUT2D eigenvalue weighted by molar-refractivity contribution is -0.115. The van der Waals surface area contributed by atoms with Gasteiger partial charge in [-0.3, -0.25) is 4.79 Å². The van der Waals surface area contributed by atoms with Crippen molar-refractivity contribution in [3.8, 4) is 0 Å². The topological polar surface area (TPSA) is 78.5 Å². The third-order valence-electron chi connectivity index (χ3n) is 4.48. The highest BCUT2D eigenvalue weighted by atomic mass is 16.1. The molecule has 138 valence electrons. The number of carbonyl (C=O) groups is 1. The number of amides is 1. The van der Waals surface area contributed by atoms with E-state index in [9.17, 15) is 4.79 Å². The van der Waals surface area contributed by atoms with Crippen molar-refractivity contribution in [3.63, 3.8) is 0 Å². The summed E-state index contributed by atoms with van der Waals surface area (Å²) in [7, 11) is 0. The van der Waals surface area contributed by atoms with E-state index >= 15 is 0 Å². The first-order valence-corrected chi connectivity index (χ1v) is 9.06. The largest absolute Gasteiger partial charge is 0.321 e. The maximum atomic E-state index is 11.8. The minimum absolute atomic E-state index is 0.296. The van der Waals surface area contributed by atoms with Crippen LogP contribution >= 0.6 is 0 Å². The van der Waals surface area contributed by atoms with Gasteiger partial charge >= 0.3 is 0 Å². The van der Waals surface area contributed by atoms with E-state index in [1.165, 1.54) is 6.08 Å². The summed E-state index contributed by atoms with van der Waals surface area (Å²) in [4.78, 5) is 30.3. The first kappa shape index (κ1) is 16.9. The second kappa shape index (κ2) is 6.76. The molecule has 0 spiro atoms. The van der Waals surface area contributed by atoms with Gasteiger partial charge in [0, 0.05) is 0 Å². The first-order valence-electron chi connectivity index (χ1n) is 9.06. The van der Waals surface area contributed by atoms with Crippen molar-refractivity contribution in [2.45, 2.75) is 0 Å². The fraction of sp³-hybridized carbons (Fsp3) is 0. The van der Waals surface area contributed by atoms with E-state index in [4.69, 9.17) is 0 Å². The van der Waals surface area contributed by atoms with Gasteiger partial charge in [-0.25, -0.2) is 20.0 Å². The Morgan fingerprint density at radius 3 is 1.76 bits per heavy atom. The number of rotatable bonds is 2. The van der Waals surface area contributed by atoms with Gasteiger partial charge in [0.2, 0.25) is 5.91 Å². The van der Waals surface area contributed by atoms with Gasteiger partial charge in [0.25, 0.3) is 0 Å². The Bertz CT molecular complexity index is 1230. The fourth-order valence-electron chi connectivity index (χ4n) is 3.18. The van der Waals surface area contributed by atoms with Gasteiger partial charge in [0.05, 0.1) is 51.3 Å². The van der Waals surface area contributed by atoms with Crippen LogP contribution < -0.4 is 5.32 Å². The van der Waals surface area contributed by atoms with Gasteiger partial charge < -0.3 is 5.32 Å². The van der Waals surface area contributed by atoms with Crippen LogP contribution in [0.3, 0.4) is 0 Å². The molecule has 6 heteroatoms. The van der Waals surface area contributed by atoms with Crippen molar-refractivity contribution in [1.29, 1.82) is 0 Å². The third kappa shape index (κ3) is 3.51. The number of allylic oxidation sites excluding steroid dienone is 11. The molecular weight excluding hydrogens is 362 g/mol. The second-order valence-corrected chi connectivity index (χ2v) is 6.64. The quantitative estimate of drug-likeness (QED) is 0.737. The predicted octanol–water partition coefficient (Wildman–Crippen LogP) is 3.21. The molecule has 29 heavy (non-hydrogen) atoms. The van der Waals surface area contributed by atoms with Gasteiger partial charge in [-0.15, -0.1) is 0 Å². The van der Waals surface area contributed by atoms with Crippen molar-refractivity contribution in [2.24, 2.45) is 20.0 Å². The zero-order valence-corrected chi connectivity index (χ0v) is 15.3. The van der Waals surface area contributed by atoms with Crippen molar-refractivity contribution < 1.29 is 4.79 Å². The number of aliphatic imine (C=N–C) groups is 4. The highest BCUT2D eigenvalue weighted by molar-refractivity contribution is 6.15. The molecule has 5 heterocycles. The maximum absolute atomic E-state index is 11.8. The van der Waals surface area contributed by atoms with E-state index in [1.807, 2.05) is 66.8 Å². The Morgan fingerprint density at radius 2 is 1.21 bits per heavy atom. The number of nitrogens with zero attached hydrogens (tertiary/aromatic N) is 4. The zero-order valence-electron chi connectivity index (χ0n) is 15.3. The van der Waals surface area contributed by atoms with Crippen LogP contribution in [0.2, 0.25) is 0 Å². The zero-order chi connectivity index (χ0) is 19.8. The molecular formula is C23H15N5O. The second-order valence-electron chi connectivity index (χ2n) is 6.64. The van der Waals surface area contributed by atoms with Gasteiger partial charge in [-0.1, -0.05) is 6.58 Å². The van der Waals surface area contributed by atoms with E-state index < -0.39 is 0 Å². The number of carbonyl (C=O) groups excluding carboxylic acids is 1. The summed E-state index contributed by atoms with van der Waals surface area (Å²) < 4.78 is 0. The Morgan fingerprint density at radius 1 is 0.690 bits per heavy atom. The van der Waals surface area contributed by atoms with Crippen molar-refractivity contribution in [1.82, 2.24) is 5.32 Å². The molecule has 6 nitrogen and oxygen atoms in total. The molecule has 1 amide bonds. The maximum Gasteiger partial charge on any atom is 0.247 e. The van der Waals surface area contributed by atoms with Crippen LogP contribution in [-0.2, 0) is 4.79 Å². The van der Waals surface area contributed by atoms with Gasteiger partial charge in [0.1, 0.15) is 0 Å². The van der Waals surface area contributed by atoms with Crippen LogP contribution in [0.15, 0.2) is 128 Å². The first-order chi connectivity index (χ1) is 14.1. The smallest absolute Gasteiger partial charge is 0.247 e. The lowest BCUT2D eigenvalue weighted by Crippen LogP contribution is -2.20. The summed E-state index contributed by atoms with van der Waals surface area (Å²) in [5.74, 6) is -0.296. The molecule has 5 rings (SSSR count). The Hall–Kier alpha value is -4.19. The van der Waals surface area contributed by atoms with Gasteiger partial charge in [-0.2, -0.15) is 0 Å². The van der Waals surface area contributed by atoms with Crippen LogP contribution in [0, 0.1) is 0 Å². The molecule has 0 aromatic heterocycles. The summed E-state index contributed by atoms with van der Waals surface area (Å²) >= 11 is 0. The van der Waals surface area contributed by atoms with Gasteiger partial charge in [0.15, 0.2) is 0 Å². The molecule has 0 saturated heterocycles. The lowest BCUT2D eigenvalue weighted by Gasteiger charge is -2.03. The monoisotopic (exact) mass is 377 g/mol. The highest BCUT2D eigenvalue weighted by Gasteiger charge is 2.17. The summed E-state index contributed by atoms with van der Waals surface area (Å²) in [6, 6.07) is 0. The number of hydrogen-bond acceptors (Lipinski definition) is 5. The summed E-state index contributed by atoms with van der Waals surface area (Å²) in [6.07, 6.45) is 22.2. The SMILES string of the molecule is C=CC(=O)NC1=CC2=NC1=CC1=NC(=CC3=NC(=CC4=NC(=C2)C=C4)C=C3)C=C1. The Kier molecular flexibility index (Phi) is 3.95. The van der Waals surface area contributed by atoms with E-state index in [-0.39, 0.29) is 5.91 Å². The summed E-state index contributed by atoms with van der Waals surface area (Å²) in [5.41, 5.74) is 6.73. The minimum Gasteiger partial charge on any atom is -0.321 e. The van der Waals surface area contributed by atoms with Crippen LogP contribution in [0.4, 0.5) is 0 Å². The number of fused-ring (bicyclic) bond motifs is 4. The van der Waals surface area contributed by atoms with Crippen molar-refractivity contribution in [2.75, 3.05) is 0 Å². The van der Waals surface area contributed by atoms with E-state index in [0.717, 1.165) is 34.2 Å².